The van der Waals surface area contributed by atoms with Gasteiger partial charge in [0.25, 0.3) is 0 Å². The van der Waals surface area contributed by atoms with Crippen molar-refractivity contribution in [3.8, 4) is 0 Å². The third-order valence-electron chi connectivity index (χ3n) is 3.97. The van der Waals surface area contributed by atoms with Gasteiger partial charge in [0, 0.05) is 0 Å². The summed E-state index contributed by atoms with van der Waals surface area (Å²) in [5, 5.41) is 6.75. The molecule has 0 saturated carbocycles. The fourth-order valence-electron chi connectivity index (χ4n) is 2.57. The molecule has 4 nitrogen and oxygen atoms in total. The number of benzene rings is 2. The number of aromatic amines is 1. The van der Waals surface area contributed by atoms with Gasteiger partial charge in [-0.25, -0.2) is 9.78 Å². The van der Waals surface area contributed by atoms with E-state index in [0.29, 0.717) is 6.42 Å². The topological polar surface area (TPSA) is 46.8 Å². The lowest BCUT2D eigenvalue weighted by Crippen LogP contribution is -2.28. The van der Waals surface area contributed by atoms with Gasteiger partial charge in [-0.05, 0) is 54.9 Å². The number of aromatic nitrogens is 1. The van der Waals surface area contributed by atoms with Crippen molar-refractivity contribution in [3.63, 3.8) is 0 Å². The molecule has 128 valence electrons. The highest BCUT2D eigenvalue weighted by atomic mass is 32.1. The standard InChI is InChI=1S/C20H21N3OS/c1-4-7-19(24)23(20-22-17-8-5-6-9-18(17)25-20)21-13-16-12-14(2)10-11-15(16)3/h5-6,8-13H,4,7H2,1-3H3/p+1. The van der Waals surface area contributed by atoms with Crippen molar-refractivity contribution in [3.05, 3.63) is 59.2 Å². The molecule has 0 saturated heterocycles. The molecule has 0 spiro atoms. The van der Waals surface area contributed by atoms with Crippen LogP contribution in [0.3, 0.4) is 0 Å². The van der Waals surface area contributed by atoms with E-state index in [1.54, 1.807) is 6.21 Å². The van der Waals surface area contributed by atoms with Gasteiger partial charge in [0.2, 0.25) is 0 Å². The maximum atomic E-state index is 12.6. The highest BCUT2D eigenvalue weighted by Crippen LogP contribution is 2.25. The van der Waals surface area contributed by atoms with Crippen LogP contribution < -0.4 is 9.99 Å². The number of amides is 1. The minimum absolute atomic E-state index is 0.00753. The van der Waals surface area contributed by atoms with Gasteiger partial charge < -0.3 is 0 Å². The molecule has 0 radical (unpaired) electrons. The van der Waals surface area contributed by atoms with E-state index in [4.69, 9.17) is 0 Å². The van der Waals surface area contributed by atoms with Crippen LogP contribution in [0.15, 0.2) is 47.6 Å². The maximum Gasteiger partial charge on any atom is 0.368 e. The molecule has 0 aliphatic heterocycles. The summed E-state index contributed by atoms with van der Waals surface area (Å²) >= 11 is 1.54. The Morgan fingerprint density at radius 2 is 2.04 bits per heavy atom. The molecule has 25 heavy (non-hydrogen) atoms. The van der Waals surface area contributed by atoms with Crippen molar-refractivity contribution in [2.75, 3.05) is 5.01 Å². The smallest absolute Gasteiger partial charge is 0.244 e. The Balaban J connectivity index is 1.98. The van der Waals surface area contributed by atoms with Gasteiger partial charge in [0.15, 0.2) is 0 Å². The van der Waals surface area contributed by atoms with Crippen LogP contribution in [0.1, 0.15) is 36.5 Å². The largest absolute Gasteiger partial charge is 0.368 e. The van der Waals surface area contributed by atoms with E-state index in [0.717, 1.165) is 32.9 Å². The van der Waals surface area contributed by atoms with Gasteiger partial charge in [0.05, 0.1) is 17.3 Å². The van der Waals surface area contributed by atoms with Crippen LogP contribution in [0.4, 0.5) is 5.13 Å². The Morgan fingerprint density at radius 3 is 2.80 bits per heavy atom. The lowest BCUT2D eigenvalue weighted by molar-refractivity contribution is -0.324. The highest BCUT2D eigenvalue weighted by Gasteiger charge is 2.26. The molecule has 1 heterocycles. The minimum atomic E-state index is -0.00753. The van der Waals surface area contributed by atoms with E-state index >= 15 is 0 Å². The molecule has 0 fully saturated rings. The number of carbonyl (C=O) groups excluding carboxylic acids is 1. The van der Waals surface area contributed by atoms with Crippen LogP contribution in [-0.4, -0.2) is 12.1 Å². The number of fused-ring (bicyclic) bond motifs is 1. The Hall–Kier alpha value is -2.53. The Morgan fingerprint density at radius 1 is 1.24 bits per heavy atom. The van der Waals surface area contributed by atoms with Crippen molar-refractivity contribution in [1.82, 2.24) is 0 Å². The first-order valence-electron chi connectivity index (χ1n) is 8.43. The molecule has 3 aromatic rings. The van der Waals surface area contributed by atoms with Crippen LogP contribution in [-0.2, 0) is 4.79 Å². The average Bonchev–Trinajstić information content (AvgIpc) is 3.02. The summed E-state index contributed by atoms with van der Waals surface area (Å²) in [5.74, 6) is -0.00753. The molecule has 0 aliphatic rings. The predicted octanol–water partition coefficient (Wildman–Crippen LogP) is 4.50. The lowest BCUT2D eigenvalue weighted by Gasteiger charge is -2.06. The number of hydrogen-bond donors (Lipinski definition) is 0. The number of nitrogens with one attached hydrogen (secondary N) is 1. The first-order chi connectivity index (χ1) is 12.1. The summed E-state index contributed by atoms with van der Waals surface area (Å²) in [5.41, 5.74) is 4.35. The number of carbonyl (C=O) groups is 1. The van der Waals surface area contributed by atoms with E-state index < -0.39 is 0 Å². The quantitative estimate of drug-likeness (QED) is 0.492. The SMILES string of the molecule is CCCC(=O)N(N=Cc1cc(C)ccc1C)c1[nH+]c2ccccc2s1. The van der Waals surface area contributed by atoms with Crippen molar-refractivity contribution in [1.29, 1.82) is 0 Å². The summed E-state index contributed by atoms with van der Waals surface area (Å²) in [7, 11) is 0. The molecule has 0 atom stereocenters. The number of rotatable bonds is 5. The summed E-state index contributed by atoms with van der Waals surface area (Å²) in [6, 6.07) is 14.2. The monoisotopic (exact) mass is 352 g/mol. The van der Waals surface area contributed by atoms with Gasteiger partial charge in [-0.15, -0.1) is 0 Å². The zero-order chi connectivity index (χ0) is 17.8. The Kier molecular flexibility index (Phi) is 5.24. The molecule has 0 aliphatic carbocycles. The number of H-pyrrole nitrogens is 1. The molecule has 3 rings (SSSR count). The van der Waals surface area contributed by atoms with E-state index in [1.807, 2.05) is 38.1 Å². The number of thiazole rings is 1. The maximum absolute atomic E-state index is 12.6. The lowest BCUT2D eigenvalue weighted by atomic mass is 10.1. The van der Waals surface area contributed by atoms with E-state index in [1.165, 1.54) is 21.9 Å². The number of hydrazone groups is 1. The third-order valence-corrected chi connectivity index (χ3v) is 5.02. The molecule has 0 unspecified atom stereocenters. The Bertz CT molecular complexity index is 897. The van der Waals surface area contributed by atoms with Crippen molar-refractivity contribution >= 4 is 38.8 Å². The second kappa shape index (κ2) is 7.57. The number of anilines is 1. The first-order valence-corrected chi connectivity index (χ1v) is 9.25. The summed E-state index contributed by atoms with van der Waals surface area (Å²) in [6.07, 6.45) is 3.03. The molecule has 5 heteroatoms. The van der Waals surface area contributed by atoms with Gasteiger partial charge >= 0.3 is 11.0 Å². The Labute approximate surface area is 151 Å². The predicted molar refractivity (Wildman–Crippen MR) is 104 cm³/mol. The molecule has 0 bridgehead atoms. The van der Waals surface area contributed by atoms with Gasteiger partial charge in [-0.3, -0.25) is 0 Å². The first kappa shape index (κ1) is 17.3. The fourth-order valence-corrected chi connectivity index (χ4v) is 3.55. The second-order valence-corrected chi connectivity index (χ2v) is 7.12. The molecular formula is C20H22N3OS+. The molecule has 2 aromatic carbocycles. The third kappa shape index (κ3) is 3.94. The number of hydrogen-bond acceptors (Lipinski definition) is 3. The summed E-state index contributed by atoms with van der Waals surface area (Å²) in [4.78, 5) is 15.9. The number of aryl methyl sites for hydroxylation is 2. The number of nitrogens with zero attached hydrogens (tertiary/aromatic N) is 2. The van der Waals surface area contributed by atoms with Crippen molar-refractivity contribution in [2.24, 2.45) is 5.10 Å². The van der Waals surface area contributed by atoms with Gasteiger partial charge in [0.1, 0.15) is 5.52 Å². The van der Waals surface area contributed by atoms with E-state index in [9.17, 15) is 4.79 Å². The average molecular weight is 352 g/mol. The summed E-state index contributed by atoms with van der Waals surface area (Å²) < 4.78 is 1.11. The van der Waals surface area contributed by atoms with E-state index in [2.05, 4.69) is 35.2 Å². The van der Waals surface area contributed by atoms with Crippen LogP contribution >= 0.6 is 11.3 Å². The minimum Gasteiger partial charge on any atom is -0.244 e. The van der Waals surface area contributed by atoms with Gasteiger partial charge in [-0.2, -0.15) is 0 Å². The van der Waals surface area contributed by atoms with Crippen LogP contribution in [0.2, 0.25) is 0 Å². The molecular weight excluding hydrogens is 330 g/mol. The number of para-hydroxylation sites is 1. The molecule has 1 amide bonds. The molecule has 1 aromatic heterocycles. The van der Waals surface area contributed by atoms with E-state index in [-0.39, 0.29) is 5.91 Å². The zero-order valence-corrected chi connectivity index (χ0v) is 15.6. The van der Waals surface area contributed by atoms with Crippen LogP contribution in [0.5, 0.6) is 0 Å². The van der Waals surface area contributed by atoms with Crippen molar-refractivity contribution < 1.29 is 9.78 Å². The zero-order valence-electron chi connectivity index (χ0n) is 14.7. The van der Waals surface area contributed by atoms with Crippen LogP contribution in [0.25, 0.3) is 10.2 Å². The normalized spacial score (nSPS) is 11.3. The second-order valence-electron chi connectivity index (χ2n) is 6.09. The summed E-state index contributed by atoms with van der Waals surface area (Å²) in [6.45, 7) is 6.10. The highest BCUT2D eigenvalue weighted by molar-refractivity contribution is 7.21. The fraction of sp³-hybridized carbons (Fsp3) is 0.250. The van der Waals surface area contributed by atoms with Gasteiger partial charge in [-0.1, -0.05) is 52.9 Å². The van der Waals surface area contributed by atoms with Crippen LogP contribution in [0, 0.1) is 13.8 Å². The van der Waals surface area contributed by atoms with Crippen molar-refractivity contribution in [2.45, 2.75) is 33.6 Å². The molecule has 1 N–H and O–H groups in total.